The number of benzene rings is 1. The fraction of sp³-hybridized carbons (Fsp3) is 0.333. The van der Waals surface area contributed by atoms with Crippen molar-refractivity contribution in [3.63, 3.8) is 0 Å². The number of furan rings is 1. The molecule has 2 rings (SSSR count). The maximum atomic E-state index is 11.6. The van der Waals surface area contributed by atoms with Gasteiger partial charge in [0.25, 0.3) is 5.69 Å². The van der Waals surface area contributed by atoms with E-state index in [0.717, 1.165) is 18.1 Å². The van der Waals surface area contributed by atoms with Crippen molar-refractivity contribution in [1.82, 2.24) is 4.90 Å². The van der Waals surface area contributed by atoms with Crippen LogP contribution in [-0.2, 0) is 9.84 Å². The molecule has 1 N–H and O–H groups in total. The van der Waals surface area contributed by atoms with Crippen LogP contribution in [0, 0.1) is 10.1 Å². The van der Waals surface area contributed by atoms with Crippen LogP contribution in [0.5, 0.6) is 0 Å². The zero-order valence-corrected chi connectivity index (χ0v) is 14.4. The zero-order chi connectivity index (χ0) is 17.9. The van der Waals surface area contributed by atoms with Gasteiger partial charge >= 0.3 is 0 Å². The van der Waals surface area contributed by atoms with Crippen LogP contribution in [0.2, 0.25) is 0 Å². The lowest BCUT2D eigenvalue weighted by Crippen LogP contribution is -2.26. The van der Waals surface area contributed by atoms with E-state index in [1.807, 2.05) is 25.1 Å². The summed E-state index contributed by atoms with van der Waals surface area (Å²) in [5.74, 6) is 0.725. The molecule has 9 heteroatoms. The molecule has 2 aromatic rings. The number of likely N-dealkylation sites (N-methyl/N-ethyl adjacent to an activating group) is 1. The predicted molar refractivity (Wildman–Crippen MR) is 89.8 cm³/mol. The Morgan fingerprint density at radius 1 is 1.33 bits per heavy atom. The van der Waals surface area contributed by atoms with E-state index in [1.54, 1.807) is 12.3 Å². The van der Waals surface area contributed by atoms with Crippen LogP contribution in [0.15, 0.2) is 45.9 Å². The lowest BCUT2D eigenvalue weighted by atomic mass is 10.2. The second kappa shape index (κ2) is 7.02. The fourth-order valence-electron chi connectivity index (χ4n) is 2.27. The Kier molecular flexibility index (Phi) is 5.25. The number of nitro benzene ring substituents is 1. The van der Waals surface area contributed by atoms with Gasteiger partial charge in [0.2, 0.25) is 0 Å². The van der Waals surface area contributed by atoms with Crippen molar-refractivity contribution in [2.75, 3.05) is 32.2 Å². The van der Waals surface area contributed by atoms with Gasteiger partial charge in [-0.05, 0) is 38.4 Å². The molecule has 0 fully saturated rings. The molecule has 0 saturated heterocycles. The number of anilines is 1. The second-order valence-electron chi connectivity index (χ2n) is 5.58. The summed E-state index contributed by atoms with van der Waals surface area (Å²) in [7, 11) is 0.231. The molecule has 1 aromatic heterocycles. The van der Waals surface area contributed by atoms with Gasteiger partial charge in [-0.1, -0.05) is 0 Å². The molecule has 0 unspecified atom stereocenters. The largest absolute Gasteiger partial charge is 0.468 e. The number of nitro groups is 1. The van der Waals surface area contributed by atoms with Gasteiger partial charge in [-0.15, -0.1) is 0 Å². The Morgan fingerprint density at radius 2 is 2.04 bits per heavy atom. The Bertz CT molecular complexity index is 816. The normalized spacial score (nSPS) is 13.0. The minimum absolute atomic E-state index is 0.0880. The summed E-state index contributed by atoms with van der Waals surface area (Å²) in [6.07, 6.45) is 2.58. The van der Waals surface area contributed by atoms with Crippen molar-refractivity contribution in [3.05, 3.63) is 52.5 Å². The summed E-state index contributed by atoms with van der Waals surface area (Å²) in [5, 5.41) is 14.3. The first-order valence-electron chi connectivity index (χ1n) is 7.12. The van der Waals surface area contributed by atoms with Crippen molar-refractivity contribution >= 4 is 21.2 Å². The van der Waals surface area contributed by atoms with E-state index in [4.69, 9.17) is 4.42 Å². The van der Waals surface area contributed by atoms with Crippen LogP contribution in [0.25, 0.3) is 0 Å². The second-order valence-corrected chi connectivity index (χ2v) is 7.60. The minimum Gasteiger partial charge on any atom is -0.468 e. The van der Waals surface area contributed by atoms with Crippen molar-refractivity contribution in [3.8, 4) is 0 Å². The number of hydrogen-bond acceptors (Lipinski definition) is 7. The summed E-state index contributed by atoms with van der Waals surface area (Å²) in [6.45, 7) is 0.361. The molecule has 24 heavy (non-hydrogen) atoms. The van der Waals surface area contributed by atoms with Gasteiger partial charge in [-0.25, -0.2) is 8.42 Å². The van der Waals surface area contributed by atoms with E-state index in [1.165, 1.54) is 12.1 Å². The summed E-state index contributed by atoms with van der Waals surface area (Å²) in [4.78, 5) is 12.5. The quantitative estimate of drug-likeness (QED) is 0.601. The van der Waals surface area contributed by atoms with E-state index in [0.29, 0.717) is 6.54 Å². The van der Waals surface area contributed by atoms with E-state index in [-0.39, 0.29) is 22.3 Å². The highest BCUT2D eigenvalue weighted by molar-refractivity contribution is 7.90. The highest BCUT2D eigenvalue weighted by atomic mass is 32.2. The molecule has 0 aliphatic rings. The third-order valence-electron chi connectivity index (χ3n) is 3.57. The first-order valence-corrected chi connectivity index (χ1v) is 9.01. The Balaban J connectivity index is 2.27. The van der Waals surface area contributed by atoms with Gasteiger partial charge < -0.3 is 9.73 Å². The number of nitrogens with zero attached hydrogens (tertiary/aromatic N) is 2. The molecule has 1 atom stereocenters. The molecule has 1 aromatic carbocycles. The number of sulfone groups is 1. The molecular formula is C15H19N3O5S. The van der Waals surface area contributed by atoms with Crippen LogP contribution < -0.4 is 5.32 Å². The molecule has 130 valence electrons. The molecule has 0 saturated carbocycles. The van der Waals surface area contributed by atoms with Crippen LogP contribution >= 0.6 is 0 Å². The van der Waals surface area contributed by atoms with Crippen LogP contribution in [0.4, 0.5) is 11.4 Å². The van der Waals surface area contributed by atoms with Gasteiger partial charge in [-0.2, -0.15) is 0 Å². The van der Waals surface area contributed by atoms with Crippen molar-refractivity contribution < 1.29 is 17.8 Å². The summed E-state index contributed by atoms with van der Waals surface area (Å²) in [6, 6.07) is 7.29. The summed E-state index contributed by atoms with van der Waals surface area (Å²) in [5.41, 5.74) is -0.0271. The van der Waals surface area contributed by atoms with Crippen LogP contribution in [-0.4, -0.2) is 45.1 Å². The van der Waals surface area contributed by atoms with Gasteiger partial charge in [0, 0.05) is 18.9 Å². The summed E-state index contributed by atoms with van der Waals surface area (Å²) < 4.78 is 28.5. The van der Waals surface area contributed by atoms with Crippen molar-refractivity contribution in [1.29, 1.82) is 0 Å². The third kappa shape index (κ3) is 4.12. The molecule has 0 amide bonds. The highest BCUT2D eigenvalue weighted by Crippen LogP contribution is 2.29. The monoisotopic (exact) mass is 353 g/mol. The molecule has 8 nitrogen and oxygen atoms in total. The molecule has 0 aliphatic heterocycles. The fourth-order valence-corrected chi connectivity index (χ4v) is 2.91. The Labute approximate surface area is 140 Å². The Morgan fingerprint density at radius 3 is 2.54 bits per heavy atom. The molecule has 0 radical (unpaired) electrons. The Hall–Kier alpha value is -2.39. The van der Waals surface area contributed by atoms with Crippen LogP contribution in [0.3, 0.4) is 0 Å². The maximum Gasteiger partial charge on any atom is 0.293 e. The van der Waals surface area contributed by atoms with Crippen LogP contribution in [0.1, 0.15) is 11.8 Å². The maximum absolute atomic E-state index is 11.6. The predicted octanol–water partition coefficient (Wildman–Crippen LogP) is 2.31. The van der Waals surface area contributed by atoms with Gasteiger partial charge in [0.05, 0.1) is 22.1 Å². The standard InChI is InChI=1S/C15H19N3O5S/c1-17(2)14(15-5-4-8-23-15)10-16-12-7-6-11(24(3,21)22)9-13(12)18(19)20/h4-9,14,16H,10H2,1-3H3/t14-/m0/s1. The topological polar surface area (TPSA) is 106 Å². The van der Waals surface area contributed by atoms with E-state index < -0.39 is 14.8 Å². The highest BCUT2D eigenvalue weighted by Gasteiger charge is 2.21. The lowest BCUT2D eigenvalue weighted by Gasteiger charge is -2.23. The van der Waals surface area contributed by atoms with Gasteiger partial charge in [0.15, 0.2) is 9.84 Å². The van der Waals surface area contributed by atoms with Gasteiger partial charge in [0.1, 0.15) is 11.4 Å². The first-order chi connectivity index (χ1) is 11.2. The average molecular weight is 353 g/mol. The molecule has 0 spiro atoms. The average Bonchev–Trinajstić information content (AvgIpc) is 3.00. The van der Waals surface area contributed by atoms with Gasteiger partial charge in [-0.3, -0.25) is 15.0 Å². The first kappa shape index (κ1) is 18.0. The van der Waals surface area contributed by atoms with E-state index in [9.17, 15) is 18.5 Å². The number of rotatable bonds is 7. The van der Waals surface area contributed by atoms with E-state index in [2.05, 4.69) is 5.32 Å². The molecule has 0 aliphatic carbocycles. The SMILES string of the molecule is CN(C)[C@@H](CNc1ccc(S(C)(=O)=O)cc1[N+](=O)[O-])c1ccco1. The number of hydrogen-bond donors (Lipinski definition) is 1. The molecule has 0 bridgehead atoms. The molecular weight excluding hydrogens is 334 g/mol. The van der Waals surface area contributed by atoms with Crippen molar-refractivity contribution in [2.45, 2.75) is 10.9 Å². The van der Waals surface area contributed by atoms with Crippen molar-refractivity contribution in [2.24, 2.45) is 0 Å². The number of nitrogens with one attached hydrogen (secondary N) is 1. The smallest absolute Gasteiger partial charge is 0.293 e. The summed E-state index contributed by atoms with van der Waals surface area (Å²) >= 11 is 0. The minimum atomic E-state index is -3.51. The zero-order valence-electron chi connectivity index (χ0n) is 13.6. The van der Waals surface area contributed by atoms with E-state index >= 15 is 0 Å². The molecule has 1 heterocycles. The third-order valence-corrected chi connectivity index (χ3v) is 4.69. The lowest BCUT2D eigenvalue weighted by molar-refractivity contribution is -0.384.